The second-order valence-electron chi connectivity index (χ2n) is 3.60. The van der Waals surface area contributed by atoms with Gasteiger partial charge in [-0.25, -0.2) is 12.8 Å². The van der Waals surface area contributed by atoms with E-state index < -0.39 is 33.5 Å². The van der Waals surface area contributed by atoms with Crippen molar-refractivity contribution in [3.05, 3.63) is 30.1 Å². The largest absolute Gasteiger partial charge is 0.402 e. The first-order valence-electron chi connectivity index (χ1n) is 5.05. The van der Waals surface area contributed by atoms with Crippen LogP contribution in [-0.2, 0) is 10.0 Å². The third kappa shape index (κ3) is 4.73. The molecule has 1 aromatic rings. The van der Waals surface area contributed by atoms with Gasteiger partial charge in [-0.3, -0.25) is 0 Å². The fourth-order valence-corrected chi connectivity index (χ4v) is 3.48. The lowest BCUT2D eigenvalue weighted by Gasteiger charge is -2.22. The van der Waals surface area contributed by atoms with Crippen molar-refractivity contribution in [2.45, 2.75) is 11.1 Å². The van der Waals surface area contributed by atoms with Gasteiger partial charge >= 0.3 is 6.18 Å². The van der Waals surface area contributed by atoms with Crippen LogP contribution in [0.2, 0.25) is 0 Å². The molecule has 3 nitrogen and oxygen atoms in total. The summed E-state index contributed by atoms with van der Waals surface area (Å²) < 4.78 is 74.3. The van der Waals surface area contributed by atoms with Crippen LogP contribution in [0.1, 0.15) is 0 Å². The van der Waals surface area contributed by atoms with Crippen LogP contribution in [0.25, 0.3) is 0 Å². The first-order valence-corrected chi connectivity index (χ1v) is 7.61. The SMILES string of the molecule is O=S(=O)(c1cccc(F)c1)N(CCBr)CC(F)(F)F. The molecule has 0 amide bonds. The molecule has 0 aliphatic rings. The molecule has 1 aromatic carbocycles. The number of nitrogens with zero attached hydrogens (tertiary/aromatic N) is 1. The van der Waals surface area contributed by atoms with Gasteiger partial charge in [0.1, 0.15) is 12.4 Å². The number of rotatable bonds is 5. The minimum Gasteiger partial charge on any atom is -0.207 e. The zero-order valence-electron chi connectivity index (χ0n) is 9.49. The molecule has 0 atom stereocenters. The van der Waals surface area contributed by atoms with E-state index >= 15 is 0 Å². The molecule has 19 heavy (non-hydrogen) atoms. The van der Waals surface area contributed by atoms with E-state index in [9.17, 15) is 26.0 Å². The molecule has 0 aromatic heterocycles. The Labute approximate surface area is 116 Å². The highest BCUT2D eigenvalue weighted by atomic mass is 79.9. The van der Waals surface area contributed by atoms with Gasteiger partial charge in [-0.15, -0.1) is 0 Å². The molecule has 0 aliphatic heterocycles. The summed E-state index contributed by atoms with van der Waals surface area (Å²) in [6.07, 6.45) is -4.66. The highest BCUT2D eigenvalue weighted by molar-refractivity contribution is 9.09. The Bertz CT molecular complexity index is 533. The van der Waals surface area contributed by atoms with Crippen LogP contribution in [0, 0.1) is 5.82 Å². The van der Waals surface area contributed by atoms with Gasteiger partial charge in [-0.1, -0.05) is 22.0 Å². The molecule has 0 fully saturated rings. The molecule has 0 saturated carbocycles. The van der Waals surface area contributed by atoms with Gasteiger partial charge in [0.05, 0.1) is 4.90 Å². The van der Waals surface area contributed by atoms with Crippen molar-refractivity contribution < 1.29 is 26.0 Å². The van der Waals surface area contributed by atoms with E-state index in [0.717, 1.165) is 18.2 Å². The minimum absolute atomic E-state index is 0.0393. The zero-order valence-corrected chi connectivity index (χ0v) is 11.9. The summed E-state index contributed by atoms with van der Waals surface area (Å²) >= 11 is 2.89. The van der Waals surface area contributed by atoms with Crippen molar-refractivity contribution in [1.29, 1.82) is 0 Å². The Balaban J connectivity index is 3.13. The third-order valence-corrected chi connectivity index (χ3v) is 4.32. The molecule has 9 heteroatoms. The molecule has 0 heterocycles. The van der Waals surface area contributed by atoms with Crippen LogP contribution in [0.15, 0.2) is 29.2 Å². The molecule has 0 unspecified atom stereocenters. The highest BCUT2D eigenvalue weighted by Crippen LogP contribution is 2.23. The Morgan fingerprint density at radius 1 is 1.26 bits per heavy atom. The maximum absolute atomic E-state index is 13.0. The normalized spacial score (nSPS) is 12.9. The molecule has 0 spiro atoms. The van der Waals surface area contributed by atoms with Gasteiger partial charge < -0.3 is 0 Å². The summed E-state index contributed by atoms with van der Waals surface area (Å²) in [7, 11) is -4.38. The Morgan fingerprint density at radius 2 is 1.89 bits per heavy atom. The molecule has 108 valence electrons. The van der Waals surface area contributed by atoms with Crippen LogP contribution in [0.4, 0.5) is 17.6 Å². The third-order valence-electron chi connectivity index (χ3n) is 2.12. The molecule has 0 saturated heterocycles. The highest BCUT2D eigenvalue weighted by Gasteiger charge is 2.36. The average Bonchev–Trinajstić information content (AvgIpc) is 2.26. The summed E-state index contributed by atoms with van der Waals surface area (Å²) in [6.45, 7) is -1.98. The summed E-state index contributed by atoms with van der Waals surface area (Å²) in [5.41, 5.74) is 0. The average molecular weight is 364 g/mol. The zero-order chi connectivity index (χ0) is 14.7. The lowest BCUT2D eigenvalue weighted by Crippen LogP contribution is -2.40. The predicted octanol–water partition coefficient (Wildman–Crippen LogP) is 2.77. The van der Waals surface area contributed by atoms with E-state index in [1.165, 1.54) is 0 Å². The van der Waals surface area contributed by atoms with Gasteiger partial charge in [-0.2, -0.15) is 17.5 Å². The molecular weight excluding hydrogens is 354 g/mol. The van der Waals surface area contributed by atoms with Gasteiger partial charge in [0, 0.05) is 11.9 Å². The van der Waals surface area contributed by atoms with Crippen molar-refractivity contribution >= 4 is 26.0 Å². The summed E-state index contributed by atoms with van der Waals surface area (Å²) in [6, 6.07) is 3.88. The molecule has 0 radical (unpaired) electrons. The monoisotopic (exact) mass is 363 g/mol. The van der Waals surface area contributed by atoms with Crippen molar-refractivity contribution in [2.24, 2.45) is 0 Å². The second-order valence-corrected chi connectivity index (χ2v) is 6.33. The van der Waals surface area contributed by atoms with Crippen LogP contribution in [-0.4, -0.2) is 37.3 Å². The van der Waals surface area contributed by atoms with Crippen LogP contribution >= 0.6 is 15.9 Å². The lowest BCUT2D eigenvalue weighted by atomic mass is 10.4. The number of alkyl halides is 4. The number of halogens is 5. The fourth-order valence-electron chi connectivity index (χ4n) is 1.35. The van der Waals surface area contributed by atoms with Crippen molar-refractivity contribution in [3.8, 4) is 0 Å². The van der Waals surface area contributed by atoms with E-state index in [1.54, 1.807) is 0 Å². The van der Waals surface area contributed by atoms with E-state index in [2.05, 4.69) is 15.9 Å². The Hall–Kier alpha value is -0.670. The van der Waals surface area contributed by atoms with E-state index in [1.807, 2.05) is 0 Å². The van der Waals surface area contributed by atoms with Crippen molar-refractivity contribution in [2.75, 3.05) is 18.4 Å². The molecule has 0 bridgehead atoms. The maximum atomic E-state index is 13.0. The smallest absolute Gasteiger partial charge is 0.207 e. The van der Waals surface area contributed by atoms with Crippen molar-refractivity contribution in [3.63, 3.8) is 0 Å². The fraction of sp³-hybridized carbons (Fsp3) is 0.400. The van der Waals surface area contributed by atoms with Crippen LogP contribution in [0.5, 0.6) is 0 Å². The van der Waals surface area contributed by atoms with E-state index in [4.69, 9.17) is 0 Å². The first-order chi connectivity index (χ1) is 8.66. The van der Waals surface area contributed by atoms with Gasteiger partial charge in [0.2, 0.25) is 10.0 Å². The predicted molar refractivity (Wildman–Crippen MR) is 65.0 cm³/mol. The Morgan fingerprint density at radius 3 is 2.37 bits per heavy atom. The molecule has 0 N–H and O–H groups in total. The number of benzene rings is 1. The minimum atomic E-state index is -4.66. The lowest BCUT2D eigenvalue weighted by molar-refractivity contribution is -0.135. The molecule has 0 aliphatic carbocycles. The molecular formula is C10H10BrF4NO2S. The second kappa shape index (κ2) is 6.19. The summed E-state index contributed by atoms with van der Waals surface area (Å²) in [4.78, 5) is -0.502. The van der Waals surface area contributed by atoms with Gasteiger partial charge in [0.15, 0.2) is 0 Å². The summed E-state index contributed by atoms with van der Waals surface area (Å²) in [5, 5.41) is 0.0393. The maximum Gasteiger partial charge on any atom is 0.402 e. The number of hydrogen-bond acceptors (Lipinski definition) is 2. The topological polar surface area (TPSA) is 37.4 Å². The number of sulfonamides is 1. The quantitative estimate of drug-likeness (QED) is 0.595. The Kier molecular flexibility index (Phi) is 5.34. The van der Waals surface area contributed by atoms with Crippen LogP contribution in [0.3, 0.4) is 0 Å². The molecule has 1 rings (SSSR count). The van der Waals surface area contributed by atoms with Gasteiger partial charge in [-0.05, 0) is 18.2 Å². The summed E-state index contributed by atoms with van der Waals surface area (Å²) in [5.74, 6) is -0.827. The number of hydrogen-bond donors (Lipinski definition) is 0. The first kappa shape index (κ1) is 16.4. The standard InChI is InChI=1S/C10H10BrF4NO2S/c11-4-5-16(7-10(13,14)15)19(17,18)9-3-1-2-8(12)6-9/h1-3,6H,4-5,7H2. The van der Waals surface area contributed by atoms with Gasteiger partial charge in [0.25, 0.3) is 0 Å². The van der Waals surface area contributed by atoms with E-state index in [0.29, 0.717) is 6.07 Å². The van der Waals surface area contributed by atoms with Crippen molar-refractivity contribution in [1.82, 2.24) is 4.31 Å². The van der Waals surface area contributed by atoms with Crippen LogP contribution < -0.4 is 0 Å². The van der Waals surface area contributed by atoms with E-state index in [-0.39, 0.29) is 16.2 Å².